The van der Waals surface area contributed by atoms with E-state index in [0.29, 0.717) is 6.04 Å². The molecule has 0 bridgehead atoms. The molecule has 1 unspecified atom stereocenters. The molecule has 4 nitrogen and oxygen atoms in total. The summed E-state index contributed by atoms with van der Waals surface area (Å²) in [7, 11) is 1.88. The fourth-order valence-electron chi connectivity index (χ4n) is 1.54. The largest absolute Gasteiger partial charge is 0.508 e. The van der Waals surface area contributed by atoms with Crippen LogP contribution in [-0.4, -0.2) is 40.5 Å². The number of phenols is 2. The van der Waals surface area contributed by atoms with Crippen molar-refractivity contribution in [1.82, 2.24) is 4.90 Å². The lowest BCUT2D eigenvalue weighted by atomic mass is 10.1. The number of rotatable bonds is 5. The molecule has 2 N–H and O–H groups in total. The van der Waals surface area contributed by atoms with E-state index < -0.39 is 0 Å². The van der Waals surface area contributed by atoms with Gasteiger partial charge in [0.1, 0.15) is 11.5 Å². The second kappa shape index (κ2) is 5.68. The van der Waals surface area contributed by atoms with Crippen molar-refractivity contribution in [2.75, 3.05) is 13.6 Å². The Bertz CT molecular complexity index is 404. The van der Waals surface area contributed by atoms with Crippen LogP contribution < -0.4 is 0 Å². The highest BCUT2D eigenvalue weighted by Crippen LogP contribution is 2.23. The topological polar surface area (TPSA) is 60.8 Å². The molecule has 0 heterocycles. The summed E-state index contributed by atoms with van der Waals surface area (Å²) < 4.78 is 0. The minimum atomic E-state index is -0.174. The number of nitrogens with zero attached hydrogens (tertiary/aromatic N) is 1. The van der Waals surface area contributed by atoms with Gasteiger partial charge in [-0.25, -0.2) is 0 Å². The van der Waals surface area contributed by atoms with Crippen molar-refractivity contribution in [2.24, 2.45) is 0 Å². The monoisotopic (exact) mass is 237 g/mol. The number of aromatic hydroxyl groups is 2. The van der Waals surface area contributed by atoms with Gasteiger partial charge < -0.3 is 10.2 Å². The van der Waals surface area contributed by atoms with Crippen molar-refractivity contribution >= 4 is 5.78 Å². The molecular weight excluding hydrogens is 218 g/mol. The van der Waals surface area contributed by atoms with Crippen LogP contribution in [-0.2, 0) is 0 Å². The Morgan fingerprint density at radius 2 is 2.06 bits per heavy atom. The lowest BCUT2D eigenvalue weighted by Gasteiger charge is -2.22. The summed E-state index contributed by atoms with van der Waals surface area (Å²) in [5.41, 5.74) is 0.248. The fraction of sp³-hybridized carbons (Fsp3) is 0.462. The Kier molecular flexibility index (Phi) is 4.52. The number of benzene rings is 1. The van der Waals surface area contributed by atoms with Crippen LogP contribution in [0.25, 0.3) is 0 Å². The molecule has 1 rings (SSSR count). The van der Waals surface area contributed by atoms with Gasteiger partial charge in [-0.15, -0.1) is 0 Å². The van der Waals surface area contributed by atoms with Gasteiger partial charge in [-0.1, -0.05) is 6.92 Å². The molecule has 0 aromatic heterocycles. The van der Waals surface area contributed by atoms with Gasteiger partial charge in [0.05, 0.1) is 12.1 Å². The molecular formula is C13H19NO3. The van der Waals surface area contributed by atoms with Crippen LogP contribution >= 0.6 is 0 Å². The summed E-state index contributed by atoms with van der Waals surface area (Å²) in [6, 6.07) is 4.34. The van der Waals surface area contributed by atoms with Gasteiger partial charge in [0.2, 0.25) is 0 Å². The lowest BCUT2D eigenvalue weighted by Crippen LogP contribution is -2.33. The lowest BCUT2D eigenvalue weighted by molar-refractivity contribution is 0.0920. The zero-order chi connectivity index (χ0) is 13.0. The third-order valence-electron chi connectivity index (χ3n) is 3.02. The van der Waals surface area contributed by atoms with E-state index in [1.165, 1.54) is 18.2 Å². The smallest absolute Gasteiger partial charge is 0.180 e. The number of phenolic OH excluding ortho intramolecular Hbond substituents is 2. The maximum absolute atomic E-state index is 11.9. The van der Waals surface area contributed by atoms with E-state index in [1.54, 1.807) is 0 Å². The molecule has 0 saturated carbocycles. The number of likely N-dealkylation sites (N-methyl/N-ethyl adjacent to an activating group) is 1. The molecule has 0 saturated heterocycles. The summed E-state index contributed by atoms with van der Waals surface area (Å²) in [4.78, 5) is 13.9. The Labute approximate surface area is 101 Å². The summed E-state index contributed by atoms with van der Waals surface area (Å²) in [6.07, 6.45) is 0.964. The van der Waals surface area contributed by atoms with Gasteiger partial charge in [-0.2, -0.15) is 0 Å². The van der Waals surface area contributed by atoms with E-state index in [-0.39, 0.29) is 29.4 Å². The van der Waals surface area contributed by atoms with Crippen LogP contribution in [0.5, 0.6) is 11.5 Å². The predicted octanol–water partition coefficient (Wildman–Crippen LogP) is 2.01. The highest BCUT2D eigenvalue weighted by molar-refractivity contribution is 6.00. The molecule has 17 heavy (non-hydrogen) atoms. The Hall–Kier alpha value is -1.55. The van der Waals surface area contributed by atoms with Gasteiger partial charge in [0.25, 0.3) is 0 Å². The molecule has 0 radical (unpaired) electrons. The first-order valence-electron chi connectivity index (χ1n) is 5.71. The molecule has 0 aliphatic heterocycles. The van der Waals surface area contributed by atoms with E-state index in [1.807, 2.05) is 18.9 Å². The zero-order valence-corrected chi connectivity index (χ0v) is 10.5. The molecule has 1 aromatic carbocycles. The summed E-state index contributed by atoms with van der Waals surface area (Å²) in [5.74, 6) is -0.368. The normalized spacial score (nSPS) is 12.7. The van der Waals surface area contributed by atoms with E-state index in [9.17, 15) is 9.90 Å². The van der Waals surface area contributed by atoms with Gasteiger partial charge in [0, 0.05) is 12.1 Å². The minimum Gasteiger partial charge on any atom is -0.508 e. The first-order valence-corrected chi connectivity index (χ1v) is 5.71. The first-order chi connectivity index (χ1) is 7.95. The number of carbonyl (C=O) groups excluding carboxylic acids is 1. The average molecular weight is 237 g/mol. The molecule has 0 amide bonds. The third kappa shape index (κ3) is 3.46. The molecule has 0 spiro atoms. The summed E-state index contributed by atoms with van der Waals surface area (Å²) in [6.45, 7) is 4.36. The van der Waals surface area contributed by atoms with Crippen LogP contribution in [0.2, 0.25) is 0 Å². The highest BCUT2D eigenvalue weighted by Gasteiger charge is 2.16. The van der Waals surface area contributed by atoms with Gasteiger partial charge in [0.15, 0.2) is 5.78 Å². The van der Waals surface area contributed by atoms with E-state index in [2.05, 4.69) is 6.92 Å². The van der Waals surface area contributed by atoms with Crippen LogP contribution in [0.15, 0.2) is 18.2 Å². The van der Waals surface area contributed by atoms with E-state index in [4.69, 9.17) is 5.11 Å². The van der Waals surface area contributed by atoms with E-state index >= 15 is 0 Å². The van der Waals surface area contributed by atoms with Gasteiger partial charge >= 0.3 is 0 Å². The Morgan fingerprint density at radius 3 is 2.59 bits per heavy atom. The van der Waals surface area contributed by atoms with Crippen LogP contribution in [0.1, 0.15) is 30.6 Å². The minimum absolute atomic E-state index is 0.0469. The number of Topliss-reactive ketones (excluding diaryl/α,β-unsaturated/α-hetero) is 1. The standard InChI is InChI=1S/C13H19NO3/c1-4-9(2)14(3)8-13(17)11-6-5-10(15)7-12(11)16/h5-7,9,15-16H,4,8H2,1-3H3. The maximum Gasteiger partial charge on any atom is 0.180 e. The van der Waals surface area contributed by atoms with E-state index in [0.717, 1.165) is 6.42 Å². The molecule has 94 valence electrons. The molecule has 0 aliphatic carbocycles. The SMILES string of the molecule is CCC(C)N(C)CC(=O)c1ccc(O)cc1O. The second-order valence-electron chi connectivity index (χ2n) is 4.30. The quantitative estimate of drug-likeness (QED) is 0.769. The molecule has 1 atom stereocenters. The maximum atomic E-state index is 11.9. The predicted molar refractivity (Wildman–Crippen MR) is 66.5 cm³/mol. The van der Waals surface area contributed by atoms with Gasteiger partial charge in [-0.3, -0.25) is 9.69 Å². The van der Waals surface area contributed by atoms with Crippen LogP contribution in [0, 0.1) is 0 Å². The molecule has 0 aliphatic rings. The Morgan fingerprint density at radius 1 is 1.41 bits per heavy atom. The summed E-state index contributed by atoms with van der Waals surface area (Å²) in [5, 5.41) is 18.7. The number of carbonyl (C=O) groups is 1. The molecule has 1 aromatic rings. The number of hydrogen-bond donors (Lipinski definition) is 2. The van der Waals surface area contributed by atoms with Crippen LogP contribution in [0.3, 0.4) is 0 Å². The second-order valence-corrected chi connectivity index (χ2v) is 4.30. The molecule has 0 fully saturated rings. The Balaban J connectivity index is 2.76. The average Bonchev–Trinajstić information content (AvgIpc) is 2.27. The van der Waals surface area contributed by atoms with Crippen molar-refractivity contribution in [2.45, 2.75) is 26.3 Å². The number of hydrogen-bond acceptors (Lipinski definition) is 4. The number of ketones is 1. The van der Waals surface area contributed by atoms with Crippen LogP contribution in [0.4, 0.5) is 0 Å². The third-order valence-corrected chi connectivity index (χ3v) is 3.02. The summed E-state index contributed by atoms with van der Waals surface area (Å²) >= 11 is 0. The molecule has 4 heteroatoms. The zero-order valence-electron chi connectivity index (χ0n) is 10.5. The van der Waals surface area contributed by atoms with Crippen molar-refractivity contribution < 1.29 is 15.0 Å². The first kappa shape index (κ1) is 13.5. The van der Waals surface area contributed by atoms with Crippen molar-refractivity contribution in [1.29, 1.82) is 0 Å². The van der Waals surface area contributed by atoms with Crippen molar-refractivity contribution in [3.63, 3.8) is 0 Å². The fourth-order valence-corrected chi connectivity index (χ4v) is 1.54. The highest BCUT2D eigenvalue weighted by atomic mass is 16.3. The van der Waals surface area contributed by atoms with Crippen molar-refractivity contribution in [3.05, 3.63) is 23.8 Å². The van der Waals surface area contributed by atoms with Gasteiger partial charge in [-0.05, 0) is 32.5 Å². The van der Waals surface area contributed by atoms with Crippen molar-refractivity contribution in [3.8, 4) is 11.5 Å².